The maximum Gasteiger partial charge on any atom is 0.225 e. The van der Waals surface area contributed by atoms with Crippen LogP contribution in [-0.4, -0.2) is 49.1 Å². The summed E-state index contributed by atoms with van der Waals surface area (Å²) in [7, 11) is 0. The van der Waals surface area contributed by atoms with Gasteiger partial charge in [0.25, 0.3) is 0 Å². The summed E-state index contributed by atoms with van der Waals surface area (Å²) in [6, 6.07) is 0. The van der Waals surface area contributed by atoms with Gasteiger partial charge >= 0.3 is 0 Å². The lowest BCUT2D eigenvalue weighted by Gasteiger charge is -2.39. The van der Waals surface area contributed by atoms with Crippen LogP contribution in [0.3, 0.4) is 0 Å². The molecule has 0 saturated carbocycles. The predicted molar refractivity (Wildman–Crippen MR) is 75.9 cm³/mol. The molecule has 2 N–H and O–H groups in total. The number of nitrogens with zero attached hydrogens (tertiary/aromatic N) is 1. The minimum absolute atomic E-state index is 0.111. The predicted octanol–water partition coefficient (Wildman–Crippen LogP) is 0.833. The van der Waals surface area contributed by atoms with Gasteiger partial charge < -0.3 is 15.5 Å². The lowest BCUT2D eigenvalue weighted by atomic mass is 9.76. The summed E-state index contributed by atoms with van der Waals surface area (Å²) in [5.41, 5.74) is 0.111. The maximum atomic E-state index is 12.3. The first-order chi connectivity index (χ1) is 9.11. The van der Waals surface area contributed by atoms with Gasteiger partial charge in [-0.1, -0.05) is 13.8 Å². The normalized spacial score (nSPS) is 33.9. The van der Waals surface area contributed by atoms with Crippen molar-refractivity contribution in [2.24, 2.45) is 17.8 Å². The van der Waals surface area contributed by atoms with E-state index in [0.717, 1.165) is 51.5 Å². The third-order valence-corrected chi connectivity index (χ3v) is 5.33. The van der Waals surface area contributed by atoms with Gasteiger partial charge in [-0.25, -0.2) is 0 Å². The van der Waals surface area contributed by atoms with Gasteiger partial charge in [-0.05, 0) is 44.8 Å². The molecule has 0 aromatic heterocycles. The highest BCUT2D eigenvalue weighted by Gasteiger charge is 2.56. The van der Waals surface area contributed by atoms with Crippen molar-refractivity contribution in [3.05, 3.63) is 0 Å². The monoisotopic (exact) mass is 265 g/mol. The quantitative estimate of drug-likeness (QED) is 0.794. The Morgan fingerprint density at radius 3 is 2.74 bits per heavy atom. The van der Waals surface area contributed by atoms with Gasteiger partial charge in [0.1, 0.15) is 0 Å². The van der Waals surface area contributed by atoms with E-state index in [-0.39, 0.29) is 11.5 Å². The number of piperidine rings is 1. The number of carbonyl (C=O) groups is 1. The number of hydrogen-bond donors (Lipinski definition) is 2. The minimum atomic E-state index is 0.111. The molecule has 2 atom stereocenters. The Labute approximate surface area is 116 Å². The van der Waals surface area contributed by atoms with Crippen LogP contribution in [0.2, 0.25) is 0 Å². The molecule has 0 unspecified atom stereocenters. The molecule has 0 aliphatic carbocycles. The van der Waals surface area contributed by atoms with Crippen molar-refractivity contribution in [1.29, 1.82) is 0 Å². The van der Waals surface area contributed by atoms with Crippen LogP contribution in [0, 0.1) is 17.8 Å². The summed E-state index contributed by atoms with van der Waals surface area (Å²) in [4.78, 5) is 14.8. The maximum absolute atomic E-state index is 12.3. The number of likely N-dealkylation sites (tertiary alicyclic amines) is 1. The summed E-state index contributed by atoms with van der Waals surface area (Å²) in [6.07, 6.45) is 3.46. The van der Waals surface area contributed by atoms with Crippen molar-refractivity contribution in [2.45, 2.75) is 38.6 Å². The molecule has 3 rings (SSSR count). The van der Waals surface area contributed by atoms with E-state index >= 15 is 0 Å². The second-order valence-electron chi connectivity index (χ2n) is 7.05. The van der Waals surface area contributed by atoms with Gasteiger partial charge in [0.15, 0.2) is 0 Å². The molecule has 3 saturated heterocycles. The second kappa shape index (κ2) is 5.06. The highest BCUT2D eigenvalue weighted by Crippen LogP contribution is 2.42. The van der Waals surface area contributed by atoms with Crippen LogP contribution < -0.4 is 10.6 Å². The van der Waals surface area contributed by atoms with Gasteiger partial charge in [0.05, 0.1) is 5.92 Å². The molecule has 0 bridgehead atoms. The number of hydrogen-bond acceptors (Lipinski definition) is 3. The van der Waals surface area contributed by atoms with E-state index < -0.39 is 0 Å². The second-order valence-corrected chi connectivity index (χ2v) is 7.05. The Kier molecular flexibility index (Phi) is 3.56. The summed E-state index contributed by atoms with van der Waals surface area (Å²) in [5, 5.41) is 6.77. The average molecular weight is 265 g/mol. The van der Waals surface area contributed by atoms with Gasteiger partial charge in [0.2, 0.25) is 5.91 Å². The van der Waals surface area contributed by atoms with E-state index in [0.29, 0.717) is 11.8 Å². The Balaban J connectivity index is 1.67. The fraction of sp³-hybridized carbons (Fsp3) is 0.933. The molecule has 0 aromatic rings. The highest BCUT2D eigenvalue weighted by atomic mass is 16.2. The number of amides is 1. The van der Waals surface area contributed by atoms with Crippen molar-refractivity contribution in [3.63, 3.8) is 0 Å². The lowest BCUT2D eigenvalue weighted by molar-refractivity contribution is -0.123. The molecule has 3 aliphatic heterocycles. The number of carbonyl (C=O) groups excluding carboxylic acids is 1. The number of fused-ring (bicyclic) bond motifs is 2. The molecule has 0 radical (unpaired) electrons. The van der Waals surface area contributed by atoms with Crippen LogP contribution in [0.15, 0.2) is 0 Å². The van der Waals surface area contributed by atoms with Crippen molar-refractivity contribution < 1.29 is 4.79 Å². The fourth-order valence-corrected chi connectivity index (χ4v) is 4.13. The van der Waals surface area contributed by atoms with E-state index in [2.05, 4.69) is 29.4 Å². The molecule has 3 aliphatic rings. The first kappa shape index (κ1) is 13.4. The van der Waals surface area contributed by atoms with Gasteiger partial charge in [-0.15, -0.1) is 0 Å². The third-order valence-electron chi connectivity index (χ3n) is 5.33. The first-order valence-electron chi connectivity index (χ1n) is 7.86. The first-order valence-corrected chi connectivity index (χ1v) is 7.86. The molecular weight excluding hydrogens is 238 g/mol. The van der Waals surface area contributed by atoms with E-state index in [1.54, 1.807) is 0 Å². The number of rotatable bonds is 3. The van der Waals surface area contributed by atoms with Crippen LogP contribution in [0.4, 0.5) is 0 Å². The smallest absolute Gasteiger partial charge is 0.225 e. The van der Waals surface area contributed by atoms with Gasteiger partial charge in [-0.2, -0.15) is 0 Å². The van der Waals surface area contributed by atoms with Crippen molar-refractivity contribution in [1.82, 2.24) is 15.5 Å². The van der Waals surface area contributed by atoms with E-state index in [9.17, 15) is 4.79 Å². The van der Waals surface area contributed by atoms with Crippen LogP contribution >= 0.6 is 0 Å². The zero-order chi connectivity index (χ0) is 13.5. The van der Waals surface area contributed by atoms with Crippen molar-refractivity contribution >= 4 is 5.91 Å². The molecule has 108 valence electrons. The lowest BCUT2D eigenvalue weighted by Crippen LogP contribution is -2.54. The van der Waals surface area contributed by atoms with Gasteiger partial charge in [-0.3, -0.25) is 4.79 Å². The molecule has 0 aromatic carbocycles. The Hall–Kier alpha value is -0.610. The van der Waals surface area contributed by atoms with Crippen LogP contribution in [0.5, 0.6) is 0 Å². The van der Waals surface area contributed by atoms with Crippen LogP contribution in [0.1, 0.15) is 33.1 Å². The zero-order valence-electron chi connectivity index (χ0n) is 12.2. The van der Waals surface area contributed by atoms with Crippen molar-refractivity contribution in [2.75, 3.05) is 32.7 Å². The summed E-state index contributed by atoms with van der Waals surface area (Å²) in [5.74, 6) is 1.88. The standard InChI is InChI=1S/C15H27N3O/c1-11(2)3-8-18-9-12-13(10-18)15(17-14(12)19)4-6-16-7-5-15/h11-13,16H,3-10H2,1-2H3,(H,17,19)/t12-,13+/m1/s1. The summed E-state index contributed by atoms with van der Waals surface area (Å²) < 4.78 is 0. The van der Waals surface area contributed by atoms with E-state index in [1.165, 1.54) is 6.42 Å². The SMILES string of the molecule is CC(C)CCN1C[C@H]2C(=O)NC3(CCNCC3)[C@H]2C1. The molecular formula is C15H27N3O. The van der Waals surface area contributed by atoms with E-state index in [4.69, 9.17) is 0 Å². The largest absolute Gasteiger partial charge is 0.350 e. The minimum Gasteiger partial charge on any atom is -0.350 e. The fourth-order valence-electron chi connectivity index (χ4n) is 4.13. The summed E-state index contributed by atoms with van der Waals surface area (Å²) >= 11 is 0. The Morgan fingerprint density at radius 1 is 1.32 bits per heavy atom. The van der Waals surface area contributed by atoms with E-state index in [1.807, 2.05) is 0 Å². The summed E-state index contributed by atoms with van der Waals surface area (Å²) in [6.45, 7) is 9.92. The molecule has 19 heavy (non-hydrogen) atoms. The molecule has 1 amide bonds. The molecule has 4 heteroatoms. The third kappa shape index (κ3) is 2.40. The topological polar surface area (TPSA) is 44.4 Å². The average Bonchev–Trinajstić information content (AvgIpc) is 2.90. The Morgan fingerprint density at radius 2 is 2.05 bits per heavy atom. The molecule has 4 nitrogen and oxygen atoms in total. The Bertz CT molecular complexity index is 349. The van der Waals surface area contributed by atoms with Crippen LogP contribution in [-0.2, 0) is 4.79 Å². The number of nitrogens with one attached hydrogen (secondary N) is 2. The van der Waals surface area contributed by atoms with Gasteiger partial charge in [0, 0.05) is 24.5 Å². The molecule has 3 heterocycles. The zero-order valence-corrected chi connectivity index (χ0v) is 12.2. The molecule has 3 fully saturated rings. The van der Waals surface area contributed by atoms with Crippen molar-refractivity contribution in [3.8, 4) is 0 Å². The molecule has 1 spiro atoms. The van der Waals surface area contributed by atoms with Crippen LogP contribution in [0.25, 0.3) is 0 Å². The highest BCUT2D eigenvalue weighted by molar-refractivity contribution is 5.83.